The molecule has 0 amide bonds. The number of aliphatic hydroxyl groups is 2. The van der Waals surface area contributed by atoms with E-state index in [1.54, 1.807) is 0 Å². The molecule has 0 radical (unpaired) electrons. The van der Waals surface area contributed by atoms with Crippen LogP contribution in [0.5, 0.6) is 0 Å². The van der Waals surface area contributed by atoms with E-state index < -0.39 is 12.4 Å². The minimum absolute atomic E-state index is 0.149. The number of ether oxygens (including phenoxy) is 2. The van der Waals surface area contributed by atoms with Gasteiger partial charge < -0.3 is 34.5 Å². The monoisotopic (exact) mass is 337 g/mol. The van der Waals surface area contributed by atoms with Gasteiger partial charge in [-0.05, 0) is 6.42 Å². The molecule has 0 aromatic heterocycles. The number of quaternary nitrogens is 1. The molecular weight excluding hydrogens is 306 g/mol. The van der Waals surface area contributed by atoms with Gasteiger partial charge in [0.05, 0.1) is 7.05 Å². The molecule has 0 aliphatic carbocycles. The van der Waals surface area contributed by atoms with Crippen molar-refractivity contribution in [2.24, 2.45) is 0 Å². The van der Waals surface area contributed by atoms with Gasteiger partial charge in [-0.3, -0.25) is 4.79 Å². The Morgan fingerprint density at radius 1 is 1.17 bits per heavy atom. The normalized spacial score (nSPS) is 11.4. The highest BCUT2D eigenvalue weighted by atomic mass is 16.6. The second-order valence-electron chi connectivity index (χ2n) is 5.23. The summed E-state index contributed by atoms with van der Waals surface area (Å²) in [4.78, 5) is 21.3. The number of likely N-dealkylation sites (N-methyl/N-ethyl adjacent to an activating group) is 1. The number of esters is 1. The first-order valence-corrected chi connectivity index (χ1v) is 7.91. The topological polar surface area (TPSA) is 121 Å². The summed E-state index contributed by atoms with van der Waals surface area (Å²) in [7, 11) is 2.87. The van der Waals surface area contributed by atoms with Crippen molar-refractivity contribution in [1.29, 1.82) is 0 Å². The first-order chi connectivity index (χ1) is 10.8. The lowest BCUT2D eigenvalue weighted by atomic mass is 10.1. The Balaban J connectivity index is 0. The van der Waals surface area contributed by atoms with E-state index in [9.17, 15) is 4.79 Å². The van der Waals surface area contributed by atoms with Gasteiger partial charge in [0.25, 0.3) is 6.16 Å². The van der Waals surface area contributed by atoms with E-state index in [1.165, 1.54) is 19.3 Å². The van der Waals surface area contributed by atoms with Crippen LogP contribution < -0.4 is 10.0 Å². The molecule has 0 saturated carbocycles. The first-order valence-electron chi connectivity index (χ1n) is 7.91. The summed E-state index contributed by atoms with van der Waals surface area (Å²) in [5.74, 6) is -0.149. The van der Waals surface area contributed by atoms with E-state index in [-0.39, 0.29) is 12.5 Å². The number of aliphatic hydroxyl groups excluding tert-OH is 1. The average molecular weight is 337 g/mol. The zero-order valence-corrected chi connectivity index (χ0v) is 14.4. The van der Waals surface area contributed by atoms with Gasteiger partial charge in [-0.2, -0.15) is 0 Å². The van der Waals surface area contributed by atoms with Gasteiger partial charge in [-0.25, -0.2) is 0 Å². The molecule has 0 heterocycles. The van der Waals surface area contributed by atoms with E-state index in [0.29, 0.717) is 19.6 Å². The molecule has 0 bridgehead atoms. The third kappa shape index (κ3) is 23.0. The van der Waals surface area contributed by atoms with Crippen molar-refractivity contribution in [3.05, 3.63) is 0 Å². The van der Waals surface area contributed by atoms with Crippen LogP contribution in [0.15, 0.2) is 0 Å². The summed E-state index contributed by atoms with van der Waals surface area (Å²) in [6.07, 6.45) is 3.30. The highest BCUT2D eigenvalue weighted by Gasteiger charge is 2.09. The van der Waals surface area contributed by atoms with E-state index in [0.717, 1.165) is 24.9 Å². The van der Waals surface area contributed by atoms with Crippen molar-refractivity contribution in [3.63, 3.8) is 0 Å². The van der Waals surface area contributed by atoms with Gasteiger partial charge in [-0.15, -0.1) is 0 Å². The molecule has 1 unspecified atom stereocenters. The molecule has 8 heteroatoms. The maximum Gasteiger partial charge on any atom is 0.305 e. The lowest BCUT2D eigenvalue weighted by molar-refractivity contribution is -0.886. The van der Waals surface area contributed by atoms with Crippen molar-refractivity contribution in [3.8, 4) is 0 Å². The van der Waals surface area contributed by atoms with Gasteiger partial charge in [0.1, 0.15) is 19.7 Å². The largest absolute Gasteiger partial charge is 0.553 e. The van der Waals surface area contributed by atoms with Crippen LogP contribution >= 0.6 is 0 Å². The quantitative estimate of drug-likeness (QED) is 0.243. The molecular formula is C15H31NO7. The fourth-order valence-electron chi connectivity index (χ4n) is 1.70. The van der Waals surface area contributed by atoms with Crippen LogP contribution in [0.25, 0.3) is 0 Å². The summed E-state index contributed by atoms with van der Waals surface area (Å²) in [6.45, 7) is 3.34. The van der Waals surface area contributed by atoms with Crippen LogP contribution in [-0.2, 0) is 14.3 Å². The lowest BCUT2D eigenvalue weighted by Crippen LogP contribution is -3.10. The van der Waals surface area contributed by atoms with Crippen molar-refractivity contribution in [1.82, 2.24) is 0 Å². The fourth-order valence-corrected chi connectivity index (χ4v) is 1.70. The summed E-state index contributed by atoms with van der Waals surface area (Å²) in [5.41, 5.74) is 0. The second kappa shape index (κ2) is 17.0. The van der Waals surface area contributed by atoms with Crippen LogP contribution in [0.4, 0.5) is 4.79 Å². The Morgan fingerprint density at radius 2 is 1.74 bits per heavy atom. The Kier molecular flexibility index (Phi) is 17.6. The number of carboxylic acid groups (broad SMARTS) is 1. The number of hydrogen-bond donors (Lipinski definition) is 3. The van der Waals surface area contributed by atoms with Crippen LogP contribution in [-0.4, -0.2) is 62.5 Å². The number of methoxy groups -OCH3 is 1. The van der Waals surface area contributed by atoms with Crippen molar-refractivity contribution in [2.75, 3.05) is 33.9 Å². The third-order valence-electron chi connectivity index (χ3n) is 2.97. The third-order valence-corrected chi connectivity index (χ3v) is 2.97. The van der Waals surface area contributed by atoms with Gasteiger partial charge >= 0.3 is 5.97 Å². The van der Waals surface area contributed by atoms with Crippen LogP contribution in [0, 0.1) is 0 Å². The molecule has 0 aliphatic rings. The SMILES string of the molecule is CCCCCCCC(=O)OCC[NH+](C)CC(O)O.COC(=O)[O-]. The number of unbranched alkanes of at least 4 members (excludes halogenated alkanes) is 4. The molecule has 0 aromatic carbocycles. The smallest absolute Gasteiger partial charge is 0.305 e. The predicted molar refractivity (Wildman–Crippen MR) is 81.6 cm³/mol. The zero-order valence-electron chi connectivity index (χ0n) is 14.4. The van der Waals surface area contributed by atoms with Gasteiger partial charge in [-0.1, -0.05) is 32.6 Å². The molecule has 0 rings (SSSR count). The summed E-state index contributed by atoms with van der Waals surface area (Å²) >= 11 is 0. The Morgan fingerprint density at radius 3 is 2.22 bits per heavy atom. The maximum atomic E-state index is 11.3. The molecule has 0 fully saturated rings. The zero-order chi connectivity index (χ0) is 18.1. The van der Waals surface area contributed by atoms with Crippen molar-refractivity contribution in [2.45, 2.75) is 51.7 Å². The summed E-state index contributed by atoms with van der Waals surface area (Å²) in [6, 6.07) is 0. The fraction of sp³-hybridized carbons (Fsp3) is 0.867. The van der Waals surface area contributed by atoms with E-state index in [1.807, 2.05) is 7.05 Å². The number of hydrogen-bond acceptors (Lipinski definition) is 7. The number of rotatable bonds is 11. The number of carbonyl (C=O) groups is 2. The summed E-state index contributed by atoms with van der Waals surface area (Å²) < 4.78 is 8.63. The van der Waals surface area contributed by atoms with E-state index in [2.05, 4.69) is 11.7 Å². The molecule has 0 spiro atoms. The summed E-state index contributed by atoms with van der Waals surface area (Å²) in [5, 5.41) is 26.5. The van der Waals surface area contributed by atoms with Crippen molar-refractivity contribution < 1.29 is 39.3 Å². The maximum absolute atomic E-state index is 11.3. The highest BCUT2D eigenvalue weighted by molar-refractivity contribution is 5.69. The van der Waals surface area contributed by atoms with Gasteiger partial charge in [0.15, 0.2) is 0 Å². The van der Waals surface area contributed by atoms with Gasteiger partial charge in [0, 0.05) is 13.5 Å². The standard InChI is InChI=1S/C13H27NO4.C2H4O3/c1-3-4-5-6-7-8-13(17)18-10-9-14(2)11-12(15)16;1-5-2(3)4/h12,15-16H,3-11H2,1-2H3;1H3,(H,3,4). The van der Waals surface area contributed by atoms with Gasteiger partial charge in [0.2, 0.25) is 6.29 Å². The second-order valence-corrected chi connectivity index (χ2v) is 5.23. The predicted octanol–water partition coefficient (Wildman–Crippen LogP) is -1.31. The number of nitrogens with one attached hydrogen (secondary N) is 1. The lowest BCUT2D eigenvalue weighted by Gasteiger charge is -2.14. The Bertz CT molecular complexity index is 298. The average Bonchev–Trinajstić information content (AvgIpc) is 2.46. The minimum atomic E-state index is -1.50. The molecule has 23 heavy (non-hydrogen) atoms. The van der Waals surface area contributed by atoms with Crippen LogP contribution in [0.1, 0.15) is 45.4 Å². The van der Waals surface area contributed by atoms with E-state index in [4.69, 9.17) is 24.9 Å². The molecule has 8 nitrogen and oxygen atoms in total. The number of carbonyl (C=O) groups excluding carboxylic acids is 2. The molecule has 1 atom stereocenters. The first kappa shape index (κ1) is 23.9. The van der Waals surface area contributed by atoms with E-state index >= 15 is 0 Å². The molecule has 0 aliphatic heterocycles. The molecule has 0 aromatic rings. The molecule has 3 N–H and O–H groups in total. The molecule has 138 valence electrons. The van der Waals surface area contributed by atoms with Crippen LogP contribution in [0.3, 0.4) is 0 Å². The minimum Gasteiger partial charge on any atom is -0.553 e. The highest BCUT2D eigenvalue weighted by Crippen LogP contribution is 2.05. The van der Waals surface area contributed by atoms with Crippen LogP contribution in [0.2, 0.25) is 0 Å². The van der Waals surface area contributed by atoms with Crippen molar-refractivity contribution >= 4 is 12.1 Å². The Hall–Kier alpha value is -1.38. The molecule has 0 saturated heterocycles. The Labute approximate surface area is 138 Å².